The van der Waals surface area contributed by atoms with E-state index in [9.17, 15) is 18.0 Å². The first kappa shape index (κ1) is 23.9. The van der Waals surface area contributed by atoms with Crippen molar-refractivity contribution in [1.82, 2.24) is 4.90 Å². The van der Waals surface area contributed by atoms with Crippen LogP contribution < -0.4 is 5.32 Å². The molecular weight excluding hydrogens is 380 g/mol. The van der Waals surface area contributed by atoms with Crippen LogP contribution in [0.3, 0.4) is 0 Å². The number of hydrogen-bond acceptors (Lipinski definition) is 5. The molecule has 158 valence electrons. The van der Waals surface area contributed by atoms with Gasteiger partial charge in [-0.15, -0.1) is 0 Å². The summed E-state index contributed by atoms with van der Waals surface area (Å²) in [6.45, 7) is 7.68. The van der Waals surface area contributed by atoms with Gasteiger partial charge in [0.25, 0.3) is 0 Å². The van der Waals surface area contributed by atoms with Gasteiger partial charge >= 0.3 is 6.09 Å². The normalized spacial score (nSPS) is 11.8. The molecule has 8 heteroatoms. The molecule has 0 saturated heterocycles. The van der Waals surface area contributed by atoms with E-state index < -0.39 is 33.2 Å². The number of benzene rings is 1. The Kier molecular flexibility index (Phi) is 8.94. The molecule has 2 amide bonds. The maximum absolute atomic E-state index is 12.1. The van der Waals surface area contributed by atoms with Crippen LogP contribution in [-0.4, -0.2) is 49.5 Å². The van der Waals surface area contributed by atoms with Gasteiger partial charge in [0.15, 0.2) is 9.84 Å². The number of unbranched alkanes of at least 4 members (excludes halogenated alkanes) is 2. The molecule has 0 aliphatic heterocycles. The van der Waals surface area contributed by atoms with Crippen molar-refractivity contribution in [3.63, 3.8) is 0 Å². The van der Waals surface area contributed by atoms with Crippen LogP contribution in [0.25, 0.3) is 0 Å². The lowest BCUT2D eigenvalue weighted by molar-refractivity contribution is -0.113. The molecule has 1 rings (SSSR count). The summed E-state index contributed by atoms with van der Waals surface area (Å²) in [5.41, 5.74) is 0.699. The Morgan fingerprint density at radius 1 is 1.18 bits per heavy atom. The van der Waals surface area contributed by atoms with Crippen LogP contribution in [0.5, 0.6) is 0 Å². The first-order chi connectivity index (χ1) is 12.9. The Morgan fingerprint density at radius 3 is 2.46 bits per heavy atom. The zero-order valence-corrected chi connectivity index (χ0v) is 18.3. The van der Waals surface area contributed by atoms with Crippen molar-refractivity contribution in [3.05, 3.63) is 29.8 Å². The number of carbonyl (C=O) groups is 2. The Balaban J connectivity index is 2.65. The van der Waals surface area contributed by atoms with Crippen LogP contribution in [0.1, 0.15) is 52.5 Å². The average molecular weight is 413 g/mol. The van der Waals surface area contributed by atoms with Crippen molar-refractivity contribution in [2.24, 2.45) is 0 Å². The molecule has 0 heterocycles. The fraction of sp³-hybridized carbons (Fsp3) is 0.600. The fourth-order valence-electron chi connectivity index (χ4n) is 2.47. The summed E-state index contributed by atoms with van der Waals surface area (Å²) >= 11 is 0. The topological polar surface area (TPSA) is 92.8 Å². The van der Waals surface area contributed by atoms with Crippen molar-refractivity contribution < 1.29 is 22.7 Å². The van der Waals surface area contributed by atoms with Gasteiger partial charge in [0, 0.05) is 19.3 Å². The summed E-state index contributed by atoms with van der Waals surface area (Å²) in [6.07, 6.45) is 1.87. The van der Waals surface area contributed by atoms with Crippen LogP contribution in [0.2, 0.25) is 0 Å². The number of nitrogens with one attached hydrogen (secondary N) is 1. The standard InChI is InChI=1S/C20H32N2O5S/c1-6-7-8-12-28(25,26)15-18(23)21-17-11-9-10-16(13-17)14-22(5)19(24)27-20(2,3)4/h9-11,13H,6-8,12,14-15H2,1-5H3,(H,21,23). The number of sulfone groups is 1. The molecule has 0 aliphatic carbocycles. The number of anilines is 1. The highest BCUT2D eigenvalue weighted by Crippen LogP contribution is 2.15. The summed E-state index contributed by atoms with van der Waals surface area (Å²) in [5, 5.41) is 2.62. The monoisotopic (exact) mass is 412 g/mol. The van der Waals surface area contributed by atoms with Crippen LogP contribution in [0.15, 0.2) is 24.3 Å². The Morgan fingerprint density at radius 2 is 1.86 bits per heavy atom. The lowest BCUT2D eigenvalue weighted by Gasteiger charge is -2.24. The van der Waals surface area contributed by atoms with Gasteiger partial charge in [-0.3, -0.25) is 4.79 Å². The van der Waals surface area contributed by atoms with E-state index in [0.29, 0.717) is 18.7 Å². The maximum Gasteiger partial charge on any atom is 0.410 e. The number of ether oxygens (including phenoxy) is 1. The lowest BCUT2D eigenvalue weighted by atomic mass is 10.2. The third kappa shape index (κ3) is 9.73. The van der Waals surface area contributed by atoms with Crippen molar-refractivity contribution in [2.45, 2.75) is 59.1 Å². The molecule has 1 N–H and O–H groups in total. The minimum absolute atomic E-state index is 0.0228. The van der Waals surface area contributed by atoms with Gasteiger partial charge in [-0.1, -0.05) is 31.9 Å². The van der Waals surface area contributed by atoms with E-state index in [1.54, 1.807) is 46.0 Å². The van der Waals surface area contributed by atoms with Crippen LogP contribution in [0, 0.1) is 0 Å². The summed E-state index contributed by atoms with van der Waals surface area (Å²) in [5.74, 6) is -1.07. The van der Waals surface area contributed by atoms with E-state index >= 15 is 0 Å². The summed E-state index contributed by atoms with van der Waals surface area (Å²) in [4.78, 5) is 25.6. The third-order valence-electron chi connectivity index (χ3n) is 3.75. The second kappa shape index (κ2) is 10.5. The predicted molar refractivity (Wildman–Crippen MR) is 111 cm³/mol. The number of amides is 2. The first-order valence-corrected chi connectivity index (χ1v) is 11.3. The van der Waals surface area contributed by atoms with E-state index in [2.05, 4.69) is 5.32 Å². The molecule has 0 saturated carbocycles. The van der Waals surface area contributed by atoms with E-state index in [-0.39, 0.29) is 5.75 Å². The quantitative estimate of drug-likeness (QED) is 0.626. The highest BCUT2D eigenvalue weighted by Gasteiger charge is 2.20. The second-order valence-corrected chi connectivity index (χ2v) is 10.1. The van der Waals surface area contributed by atoms with Gasteiger partial charge in [0.2, 0.25) is 5.91 Å². The molecule has 0 aromatic heterocycles. The summed E-state index contributed by atoms with van der Waals surface area (Å²) in [6, 6.07) is 6.95. The molecule has 0 aliphatic rings. The molecule has 1 aromatic rings. The largest absolute Gasteiger partial charge is 0.444 e. The van der Waals surface area contributed by atoms with Gasteiger partial charge < -0.3 is 15.0 Å². The molecule has 0 radical (unpaired) electrons. The molecule has 7 nitrogen and oxygen atoms in total. The third-order valence-corrected chi connectivity index (χ3v) is 5.36. The zero-order valence-electron chi connectivity index (χ0n) is 17.4. The van der Waals surface area contributed by atoms with E-state index in [1.165, 1.54) is 4.90 Å². The SMILES string of the molecule is CCCCCS(=O)(=O)CC(=O)Nc1cccc(CN(C)C(=O)OC(C)(C)C)c1. The van der Waals surface area contributed by atoms with Crippen molar-refractivity contribution in [3.8, 4) is 0 Å². The average Bonchev–Trinajstić information content (AvgIpc) is 2.52. The van der Waals surface area contributed by atoms with E-state index in [0.717, 1.165) is 18.4 Å². The maximum atomic E-state index is 12.1. The predicted octanol–water partition coefficient (Wildman–Crippen LogP) is 3.60. The molecule has 1 aromatic carbocycles. The molecule has 0 spiro atoms. The van der Waals surface area contributed by atoms with E-state index in [4.69, 9.17) is 4.74 Å². The Hall–Kier alpha value is -2.09. The molecule has 0 bridgehead atoms. The van der Waals surface area contributed by atoms with Gasteiger partial charge in [-0.25, -0.2) is 13.2 Å². The van der Waals surface area contributed by atoms with Crippen LogP contribution >= 0.6 is 0 Å². The van der Waals surface area contributed by atoms with Crippen molar-refractivity contribution in [1.29, 1.82) is 0 Å². The van der Waals surface area contributed by atoms with Gasteiger partial charge in [0.05, 0.1) is 5.75 Å². The lowest BCUT2D eigenvalue weighted by Crippen LogP contribution is -2.33. The van der Waals surface area contributed by atoms with Crippen molar-refractivity contribution in [2.75, 3.05) is 23.9 Å². The van der Waals surface area contributed by atoms with Gasteiger partial charge in [0.1, 0.15) is 11.4 Å². The Labute approximate surface area is 168 Å². The molecule has 0 atom stereocenters. The molecule has 0 unspecified atom stereocenters. The van der Waals surface area contributed by atoms with Gasteiger partial charge in [-0.05, 0) is 44.9 Å². The van der Waals surface area contributed by atoms with E-state index in [1.807, 2.05) is 13.0 Å². The highest BCUT2D eigenvalue weighted by molar-refractivity contribution is 7.92. The van der Waals surface area contributed by atoms with Crippen LogP contribution in [-0.2, 0) is 25.9 Å². The minimum Gasteiger partial charge on any atom is -0.444 e. The fourth-order valence-corrected chi connectivity index (χ4v) is 3.73. The number of carbonyl (C=O) groups excluding carboxylic acids is 2. The Bertz CT molecular complexity index is 769. The number of rotatable bonds is 9. The smallest absolute Gasteiger partial charge is 0.410 e. The second-order valence-electron chi connectivity index (χ2n) is 7.88. The van der Waals surface area contributed by atoms with Crippen LogP contribution in [0.4, 0.5) is 10.5 Å². The van der Waals surface area contributed by atoms with Gasteiger partial charge in [-0.2, -0.15) is 0 Å². The summed E-state index contributed by atoms with van der Waals surface area (Å²) in [7, 11) is -1.79. The minimum atomic E-state index is -3.41. The highest BCUT2D eigenvalue weighted by atomic mass is 32.2. The molecule has 28 heavy (non-hydrogen) atoms. The van der Waals surface area contributed by atoms with Crippen molar-refractivity contribution >= 4 is 27.5 Å². The molecular formula is C20H32N2O5S. The number of hydrogen-bond donors (Lipinski definition) is 1. The first-order valence-electron chi connectivity index (χ1n) is 9.45. The summed E-state index contributed by atoms with van der Waals surface area (Å²) < 4.78 is 29.3. The number of nitrogens with zero attached hydrogens (tertiary/aromatic N) is 1. The zero-order chi connectivity index (χ0) is 21.4. The molecule has 0 fully saturated rings.